The van der Waals surface area contributed by atoms with Gasteiger partial charge in [-0.3, -0.25) is 0 Å². The van der Waals surface area contributed by atoms with Crippen LogP contribution < -0.4 is 0 Å². The van der Waals surface area contributed by atoms with Crippen molar-refractivity contribution in [2.24, 2.45) is 5.92 Å². The van der Waals surface area contributed by atoms with E-state index in [1.807, 2.05) is 0 Å². The van der Waals surface area contributed by atoms with Crippen LogP contribution in [-0.4, -0.2) is 35.0 Å². The van der Waals surface area contributed by atoms with Gasteiger partial charge in [0.05, 0.1) is 6.10 Å². The van der Waals surface area contributed by atoms with E-state index in [-0.39, 0.29) is 0 Å². The summed E-state index contributed by atoms with van der Waals surface area (Å²) < 4.78 is 6.10. The third kappa shape index (κ3) is 9.31. The van der Waals surface area contributed by atoms with Crippen LogP contribution in [0.2, 0.25) is 0 Å². The molecule has 1 aliphatic rings. The fourth-order valence-corrected chi connectivity index (χ4v) is 3.54. The van der Waals surface area contributed by atoms with Crippen molar-refractivity contribution < 1.29 is 19.7 Å². The van der Waals surface area contributed by atoms with Crippen molar-refractivity contribution in [3.63, 3.8) is 0 Å². The molecule has 23 heavy (non-hydrogen) atoms. The van der Waals surface area contributed by atoms with Gasteiger partial charge in [-0.1, -0.05) is 58.3 Å². The maximum Gasteiger partial charge on any atom is 0.332 e. The number of aliphatic hydroxyl groups is 1. The monoisotopic (exact) mass is 328 g/mol. The Balaban J connectivity index is 2.03. The van der Waals surface area contributed by atoms with Gasteiger partial charge in [-0.2, -0.15) is 0 Å². The fourth-order valence-electron chi connectivity index (χ4n) is 3.54. The molecule has 0 aromatic heterocycles. The van der Waals surface area contributed by atoms with E-state index in [4.69, 9.17) is 9.84 Å². The normalized spacial score (nSPS) is 22.3. The molecule has 0 aliphatic heterocycles. The second-order valence-corrected chi connectivity index (χ2v) is 7.01. The summed E-state index contributed by atoms with van der Waals surface area (Å²) in [6, 6.07) is 0. The van der Waals surface area contributed by atoms with E-state index < -0.39 is 12.1 Å². The van der Waals surface area contributed by atoms with Crippen molar-refractivity contribution in [3.05, 3.63) is 0 Å². The van der Waals surface area contributed by atoms with Crippen molar-refractivity contribution in [2.75, 3.05) is 6.61 Å². The van der Waals surface area contributed by atoms with Gasteiger partial charge >= 0.3 is 5.97 Å². The molecule has 0 aromatic carbocycles. The molecule has 4 heteroatoms. The Morgan fingerprint density at radius 2 is 1.83 bits per heavy atom. The molecule has 0 spiro atoms. The summed E-state index contributed by atoms with van der Waals surface area (Å²) in [5.41, 5.74) is 0. The standard InChI is InChI=1S/C19H36O4/c1-2-3-4-5-9-15-23-18-14-10-12-16(18)11-7-6-8-13-17(20)19(21)22/h16-18,20H,2-15H2,1H3,(H,21,22)/t16-,17?,18-/m0/s1. The minimum Gasteiger partial charge on any atom is -0.479 e. The molecule has 0 radical (unpaired) electrons. The number of hydrogen-bond donors (Lipinski definition) is 2. The quantitative estimate of drug-likeness (QED) is 0.459. The Hall–Kier alpha value is -0.610. The lowest BCUT2D eigenvalue weighted by Crippen LogP contribution is -2.19. The Labute approximate surface area is 141 Å². The zero-order chi connectivity index (χ0) is 16.9. The van der Waals surface area contributed by atoms with Crippen LogP contribution >= 0.6 is 0 Å². The Kier molecular flexibility index (Phi) is 11.3. The zero-order valence-electron chi connectivity index (χ0n) is 14.8. The van der Waals surface area contributed by atoms with Crippen molar-refractivity contribution in [2.45, 2.75) is 103 Å². The molecule has 0 amide bonds. The molecular formula is C19H36O4. The summed E-state index contributed by atoms with van der Waals surface area (Å²) in [5.74, 6) is -0.414. The Bertz CT molecular complexity index is 306. The summed E-state index contributed by atoms with van der Waals surface area (Å²) >= 11 is 0. The zero-order valence-corrected chi connectivity index (χ0v) is 14.8. The van der Waals surface area contributed by atoms with Crippen LogP contribution in [-0.2, 0) is 9.53 Å². The average Bonchev–Trinajstić information content (AvgIpc) is 2.97. The lowest BCUT2D eigenvalue weighted by Gasteiger charge is -2.20. The third-order valence-corrected chi connectivity index (χ3v) is 5.01. The van der Waals surface area contributed by atoms with Crippen molar-refractivity contribution in [1.29, 1.82) is 0 Å². The first-order valence-corrected chi connectivity index (χ1v) is 9.67. The predicted octanol–water partition coefficient (Wildman–Crippen LogP) is 4.54. The van der Waals surface area contributed by atoms with Crippen LogP contribution in [0.4, 0.5) is 0 Å². The number of carboxylic acids is 1. The van der Waals surface area contributed by atoms with E-state index in [1.54, 1.807) is 0 Å². The molecule has 1 fully saturated rings. The van der Waals surface area contributed by atoms with Crippen molar-refractivity contribution >= 4 is 5.97 Å². The van der Waals surface area contributed by atoms with Gasteiger partial charge in [0.1, 0.15) is 0 Å². The first-order chi connectivity index (χ1) is 11.1. The van der Waals surface area contributed by atoms with E-state index in [9.17, 15) is 9.90 Å². The lowest BCUT2D eigenvalue weighted by molar-refractivity contribution is -0.146. The van der Waals surface area contributed by atoms with Crippen molar-refractivity contribution in [3.8, 4) is 0 Å². The number of aliphatic carboxylic acids is 1. The highest BCUT2D eigenvalue weighted by molar-refractivity contribution is 5.71. The number of carbonyl (C=O) groups is 1. The Morgan fingerprint density at radius 1 is 1.09 bits per heavy atom. The molecule has 3 atom stereocenters. The maximum atomic E-state index is 10.5. The van der Waals surface area contributed by atoms with Gasteiger partial charge < -0.3 is 14.9 Å². The fraction of sp³-hybridized carbons (Fsp3) is 0.947. The number of aliphatic hydroxyl groups excluding tert-OH is 1. The number of ether oxygens (including phenoxy) is 1. The van der Waals surface area contributed by atoms with Gasteiger partial charge in [0.25, 0.3) is 0 Å². The number of carboxylic acid groups (broad SMARTS) is 1. The Morgan fingerprint density at radius 3 is 2.57 bits per heavy atom. The molecule has 0 heterocycles. The van der Waals surface area contributed by atoms with Gasteiger partial charge in [0, 0.05) is 6.61 Å². The minimum absolute atomic E-state index is 0.373. The van der Waals surface area contributed by atoms with Gasteiger partial charge in [0.2, 0.25) is 0 Å². The number of unbranched alkanes of at least 4 members (excludes halogenated alkanes) is 6. The summed E-state index contributed by atoms with van der Waals surface area (Å²) in [5, 5.41) is 17.9. The molecule has 1 unspecified atom stereocenters. The smallest absolute Gasteiger partial charge is 0.332 e. The topological polar surface area (TPSA) is 66.8 Å². The molecule has 1 rings (SSSR count). The van der Waals surface area contributed by atoms with Gasteiger partial charge in [-0.15, -0.1) is 0 Å². The largest absolute Gasteiger partial charge is 0.479 e. The van der Waals surface area contributed by atoms with E-state index >= 15 is 0 Å². The average molecular weight is 328 g/mol. The predicted molar refractivity (Wildman–Crippen MR) is 92.6 cm³/mol. The van der Waals surface area contributed by atoms with E-state index in [2.05, 4.69) is 6.92 Å². The van der Waals surface area contributed by atoms with Gasteiger partial charge in [-0.25, -0.2) is 4.79 Å². The second kappa shape index (κ2) is 12.8. The summed E-state index contributed by atoms with van der Waals surface area (Å²) in [7, 11) is 0. The molecule has 136 valence electrons. The molecule has 2 N–H and O–H groups in total. The summed E-state index contributed by atoms with van der Waals surface area (Å²) in [6.07, 6.45) is 13.9. The van der Waals surface area contributed by atoms with Crippen LogP contribution in [0.1, 0.15) is 90.4 Å². The van der Waals surface area contributed by atoms with E-state index in [0.29, 0.717) is 18.4 Å². The van der Waals surface area contributed by atoms with Gasteiger partial charge in [-0.05, 0) is 38.0 Å². The van der Waals surface area contributed by atoms with Gasteiger partial charge in [0.15, 0.2) is 6.10 Å². The van der Waals surface area contributed by atoms with Crippen LogP contribution in [0.5, 0.6) is 0 Å². The lowest BCUT2D eigenvalue weighted by atomic mass is 9.97. The number of rotatable bonds is 14. The maximum absolute atomic E-state index is 10.5. The summed E-state index contributed by atoms with van der Waals surface area (Å²) in [4.78, 5) is 10.5. The molecule has 1 aliphatic carbocycles. The molecular weight excluding hydrogens is 292 g/mol. The minimum atomic E-state index is -1.19. The first kappa shape index (κ1) is 20.4. The van der Waals surface area contributed by atoms with Crippen LogP contribution in [0.15, 0.2) is 0 Å². The van der Waals surface area contributed by atoms with Crippen LogP contribution in [0.25, 0.3) is 0 Å². The van der Waals surface area contributed by atoms with E-state index in [0.717, 1.165) is 25.9 Å². The van der Waals surface area contributed by atoms with Crippen LogP contribution in [0, 0.1) is 5.92 Å². The third-order valence-electron chi connectivity index (χ3n) is 5.01. The molecule has 0 aromatic rings. The van der Waals surface area contributed by atoms with Crippen LogP contribution in [0.3, 0.4) is 0 Å². The highest BCUT2D eigenvalue weighted by Gasteiger charge is 2.27. The molecule has 1 saturated carbocycles. The second-order valence-electron chi connectivity index (χ2n) is 7.01. The highest BCUT2D eigenvalue weighted by Crippen LogP contribution is 2.32. The highest BCUT2D eigenvalue weighted by atomic mass is 16.5. The molecule has 0 saturated heterocycles. The van der Waals surface area contributed by atoms with E-state index in [1.165, 1.54) is 57.8 Å². The van der Waals surface area contributed by atoms with Crippen molar-refractivity contribution in [1.82, 2.24) is 0 Å². The first-order valence-electron chi connectivity index (χ1n) is 9.67. The molecule has 0 bridgehead atoms. The SMILES string of the molecule is CCCCCCCO[C@H]1CCC[C@@H]1CCCCCC(O)C(=O)O. The number of hydrogen-bond acceptors (Lipinski definition) is 3. The molecule has 4 nitrogen and oxygen atoms in total. The summed E-state index contributed by atoms with van der Waals surface area (Å²) in [6.45, 7) is 3.15.